The lowest BCUT2D eigenvalue weighted by atomic mass is 10.1. The topological polar surface area (TPSA) is 52.7 Å². The molecule has 3 rings (SSSR count). The normalized spacial score (nSPS) is 14.9. The van der Waals surface area contributed by atoms with Crippen molar-refractivity contribution in [2.75, 3.05) is 37.6 Å². The number of aryl methyl sites for hydroxylation is 1. The molecule has 1 N–H and O–H groups in total. The number of para-hydroxylation sites is 1. The van der Waals surface area contributed by atoms with Crippen molar-refractivity contribution >= 4 is 35.3 Å². The highest BCUT2D eigenvalue weighted by atomic mass is 32.2. The minimum atomic E-state index is -0.140. The number of nitrogens with zero attached hydrogens (tertiary/aromatic N) is 2. The minimum Gasteiger partial charge on any atom is -0.353 e. The molecule has 0 saturated carbocycles. The highest BCUT2D eigenvalue weighted by Crippen LogP contribution is 2.41. The van der Waals surface area contributed by atoms with E-state index in [0.717, 1.165) is 35.8 Å². The molecule has 2 aromatic carbocycles. The fraction of sp³-hybridized carbons (Fsp3) is 0.429. The van der Waals surface area contributed by atoms with Crippen molar-refractivity contribution in [3.8, 4) is 0 Å². The summed E-state index contributed by atoms with van der Waals surface area (Å²) in [6, 6.07) is 15.8. The van der Waals surface area contributed by atoms with Crippen molar-refractivity contribution in [2.24, 2.45) is 11.8 Å². The van der Waals surface area contributed by atoms with Crippen LogP contribution in [-0.2, 0) is 9.59 Å². The Morgan fingerprint density at radius 1 is 1.03 bits per heavy atom. The van der Waals surface area contributed by atoms with Gasteiger partial charge in [-0.05, 0) is 42.5 Å². The number of hydrogen-bond donors (Lipinski definition) is 1. The molecule has 0 radical (unpaired) electrons. The molecule has 0 bridgehead atoms. The molecule has 0 aliphatic carbocycles. The third kappa shape index (κ3) is 7.47. The summed E-state index contributed by atoms with van der Waals surface area (Å²) in [6.07, 6.45) is 1.91. The molecule has 2 amide bonds. The minimum absolute atomic E-state index is 0.00993. The van der Waals surface area contributed by atoms with Crippen molar-refractivity contribution < 1.29 is 9.59 Å². The number of hydrogen-bond acceptors (Lipinski definition) is 4. The monoisotopic (exact) mass is 479 g/mol. The van der Waals surface area contributed by atoms with E-state index in [1.807, 2.05) is 61.5 Å². The molecular weight excluding hydrogens is 442 g/mol. The van der Waals surface area contributed by atoms with Gasteiger partial charge in [-0.1, -0.05) is 81.4 Å². The largest absolute Gasteiger partial charge is 0.353 e. The number of anilines is 1. The van der Waals surface area contributed by atoms with Crippen LogP contribution in [0.1, 0.15) is 38.8 Å². The number of fused-ring (bicyclic) bond motifs is 1. The van der Waals surface area contributed by atoms with E-state index in [1.54, 1.807) is 4.90 Å². The second-order valence-corrected chi connectivity index (χ2v) is 10.9. The number of carbonyl (C=O) groups is 2. The van der Waals surface area contributed by atoms with Crippen LogP contribution in [-0.4, -0.2) is 49.4 Å². The molecular formula is C28H37N3O2S. The SMILES string of the molecule is Cc1ccc(/C=C2/Sc3ccccc3N(CC(=O)NCCN(CC(C)C)CC(C)C)C2=O)cc1. The van der Waals surface area contributed by atoms with Crippen LogP contribution in [0.3, 0.4) is 0 Å². The summed E-state index contributed by atoms with van der Waals surface area (Å²) >= 11 is 1.46. The summed E-state index contributed by atoms with van der Waals surface area (Å²) in [5, 5.41) is 3.03. The second kappa shape index (κ2) is 12.2. The van der Waals surface area contributed by atoms with Crippen molar-refractivity contribution in [3.05, 3.63) is 64.6 Å². The summed E-state index contributed by atoms with van der Waals surface area (Å²) in [7, 11) is 0. The molecule has 182 valence electrons. The molecule has 0 atom stereocenters. The Bertz CT molecular complexity index is 1000. The van der Waals surface area contributed by atoms with E-state index >= 15 is 0 Å². The van der Waals surface area contributed by atoms with E-state index in [1.165, 1.54) is 17.3 Å². The zero-order valence-corrected chi connectivity index (χ0v) is 21.8. The maximum atomic E-state index is 13.4. The van der Waals surface area contributed by atoms with Crippen LogP contribution in [0.25, 0.3) is 6.08 Å². The number of nitrogens with one attached hydrogen (secondary N) is 1. The maximum absolute atomic E-state index is 13.4. The van der Waals surface area contributed by atoms with Gasteiger partial charge in [-0.15, -0.1) is 0 Å². The van der Waals surface area contributed by atoms with E-state index in [9.17, 15) is 9.59 Å². The Morgan fingerprint density at radius 2 is 1.68 bits per heavy atom. The molecule has 0 aromatic heterocycles. The van der Waals surface area contributed by atoms with Gasteiger partial charge in [-0.2, -0.15) is 0 Å². The quantitative estimate of drug-likeness (QED) is 0.476. The first-order chi connectivity index (χ1) is 16.2. The summed E-state index contributed by atoms with van der Waals surface area (Å²) in [6.45, 7) is 14.3. The average Bonchev–Trinajstić information content (AvgIpc) is 2.77. The van der Waals surface area contributed by atoms with Crippen molar-refractivity contribution in [2.45, 2.75) is 39.5 Å². The fourth-order valence-electron chi connectivity index (χ4n) is 4.08. The van der Waals surface area contributed by atoms with Crippen LogP contribution in [0, 0.1) is 18.8 Å². The number of rotatable bonds is 10. The Labute approximate surface area is 208 Å². The standard InChI is InChI=1S/C28H37N3O2S/c1-20(2)17-30(18-21(3)4)15-14-29-27(32)19-31-24-8-6-7-9-25(24)34-26(28(31)33)16-23-12-10-22(5)11-13-23/h6-13,16,20-21H,14-15,17-19H2,1-5H3,(H,29,32)/b26-16+. The molecule has 1 aliphatic heterocycles. The lowest BCUT2D eigenvalue weighted by Gasteiger charge is -2.30. The molecule has 1 heterocycles. The van der Waals surface area contributed by atoms with Crippen LogP contribution in [0.5, 0.6) is 0 Å². The van der Waals surface area contributed by atoms with Crippen LogP contribution < -0.4 is 10.2 Å². The average molecular weight is 480 g/mol. The third-order valence-corrected chi connectivity index (χ3v) is 6.58. The molecule has 0 fully saturated rings. The van der Waals surface area contributed by atoms with Gasteiger partial charge in [0.2, 0.25) is 5.91 Å². The first-order valence-electron chi connectivity index (χ1n) is 12.1. The summed E-state index contributed by atoms with van der Waals surface area (Å²) in [5.41, 5.74) is 2.93. The van der Waals surface area contributed by atoms with Crippen molar-refractivity contribution in [1.82, 2.24) is 10.2 Å². The number of benzene rings is 2. The van der Waals surface area contributed by atoms with Gasteiger partial charge in [0, 0.05) is 31.1 Å². The van der Waals surface area contributed by atoms with Crippen LogP contribution >= 0.6 is 11.8 Å². The first-order valence-corrected chi connectivity index (χ1v) is 12.9. The first kappa shape index (κ1) is 26.0. The Hall–Kier alpha value is -2.57. The summed E-state index contributed by atoms with van der Waals surface area (Å²) in [4.78, 5) is 31.8. The van der Waals surface area contributed by atoms with E-state index in [0.29, 0.717) is 23.3 Å². The lowest BCUT2D eigenvalue weighted by Crippen LogP contribution is -2.45. The van der Waals surface area contributed by atoms with E-state index in [2.05, 4.69) is 37.9 Å². The molecule has 0 unspecified atom stereocenters. The zero-order valence-electron chi connectivity index (χ0n) is 21.0. The molecule has 2 aromatic rings. The van der Waals surface area contributed by atoms with Gasteiger partial charge in [0.25, 0.3) is 5.91 Å². The Kier molecular flexibility index (Phi) is 9.36. The van der Waals surface area contributed by atoms with Crippen LogP contribution in [0.4, 0.5) is 5.69 Å². The molecule has 5 nitrogen and oxygen atoms in total. The number of carbonyl (C=O) groups excluding carboxylic acids is 2. The summed E-state index contributed by atoms with van der Waals surface area (Å²) in [5.74, 6) is 0.876. The van der Waals surface area contributed by atoms with Gasteiger partial charge < -0.3 is 10.2 Å². The van der Waals surface area contributed by atoms with Crippen molar-refractivity contribution in [1.29, 1.82) is 0 Å². The predicted molar refractivity (Wildman–Crippen MR) is 143 cm³/mol. The predicted octanol–water partition coefficient (Wildman–Crippen LogP) is 5.21. The van der Waals surface area contributed by atoms with Crippen LogP contribution in [0.15, 0.2) is 58.3 Å². The van der Waals surface area contributed by atoms with Gasteiger partial charge in [0.15, 0.2) is 0 Å². The smallest absolute Gasteiger partial charge is 0.265 e. The fourth-order valence-corrected chi connectivity index (χ4v) is 5.13. The molecule has 1 aliphatic rings. The van der Waals surface area contributed by atoms with E-state index < -0.39 is 0 Å². The number of amides is 2. The van der Waals surface area contributed by atoms with Crippen LogP contribution in [0.2, 0.25) is 0 Å². The molecule has 0 saturated heterocycles. The van der Waals surface area contributed by atoms with Gasteiger partial charge in [0.1, 0.15) is 6.54 Å². The highest BCUT2D eigenvalue weighted by Gasteiger charge is 2.30. The second-order valence-electron chi connectivity index (χ2n) is 9.78. The zero-order chi connectivity index (χ0) is 24.7. The molecule has 0 spiro atoms. The lowest BCUT2D eigenvalue weighted by molar-refractivity contribution is -0.122. The summed E-state index contributed by atoms with van der Waals surface area (Å²) < 4.78 is 0. The van der Waals surface area contributed by atoms with Gasteiger partial charge in [-0.3, -0.25) is 14.5 Å². The van der Waals surface area contributed by atoms with Gasteiger partial charge in [0.05, 0.1) is 10.6 Å². The van der Waals surface area contributed by atoms with E-state index in [-0.39, 0.29) is 18.4 Å². The highest BCUT2D eigenvalue weighted by molar-refractivity contribution is 8.04. The van der Waals surface area contributed by atoms with E-state index in [4.69, 9.17) is 0 Å². The van der Waals surface area contributed by atoms with Crippen molar-refractivity contribution in [3.63, 3.8) is 0 Å². The van der Waals surface area contributed by atoms with Gasteiger partial charge >= 0.3 is 0 Å². The molecule has 6 heteroatoms. The number of thioether (sulfide) groups is 1. The van der Waals surface area contributed by atoms with Gasteiger partial charge in [-0.25, -0.2) is 0 Å². The molecule has 34 heavy (non-hydrogen) atoms. The maximum Gasteiger partial charge on any atom is 0.265 e. The Balaban J connectivity index is 1.69. The Morgan fingerprint density at radius 3 is 2.32 bits per heavy atom. The third-order valence-electron chi connectivity index (χ3n) is 5.51.